The van der Waals surface area contributed by atoms with Crippen LogP contribution in [-0.2, 0) is 18.7 Å². The summed E-state index contributed by atoms with van der Waals surface area (Å²) < 4.78 is 22.5. The number of rotatable bonds is 7. The number of aromatic nitrogens is 4. The van der Waals surface area contributed by atoms with Crippen molar-refractivity contribution in [1.29, 1.82) is 0 Å². The van der Waals surface area contributed by atoms with Gasteiger partial charge in [-0.1, -0.05) is 99.1 Å². The Bertz CT molecular complexity index is 1700. The third-order valence-corrected chi connectivity index (χ3v) is 13.8. The van der Waals surface area contributed by atoms with Gasteiger partial charge in [-0.05, 0) is 41.8 Å². The lowest BCUT2D eigenvalue weighted by molar-refractivity contribution is -0.165. The Kier molecular flexibility index (Phi) is 7.57. The molecule has 0 radical (unpaired) electrons. The standard InChI is InChI=1S/C33H38ClN5O4Si/c1-21(40)36-30-37-28(34)26-29(38-30)39(20-35-26)25-18-22(27-33(25,7)43-32(5,6)42-27)19-41-44(31(2,3)4,23-14-10-8-11-15-23)24-16-12-9-13-17-24/h8-18,20,25,27H,19H2,1-7H3,(H,36,37,38,40)/t25-,27-,33+/m1/s1. The summed E-state index contributed by atoms with van der Waals surface area (Å²) in [4.78, 5) is 25.1. The number of ether oxygens (including phenoxy) is 2. The molecule has 2 aliphatic rings. The van der Waals surface area contributed by atoms with E-state index in [2.05, 4.69) is 95.6 Å². The van der Waals surface area contributed by atoms with Gasteiger partial charge in [-0.15, -0.1) is 0 Å². The van der Waals surface area contributed by atoms with Gasteiger partial charge >= 0.3 is 0 Å². The third-order valence-electron chi connectivity index (χ3n) is 8.52. The van der Waals surface area contributed by atoms with Gasteiger partial charge in [0.2, 0.25) is 11.9 Å². The Morgan fingerprint density at radius 2 is 1.66 bits per heavy atom. The molecule has 11 heteroatoms. The van der Waals surface area contributed by atoms with Crippen LogP contribution in [0, 0.1) is 0 Å². The summed E-state index contributed by atoms with van der Waals surface area (Å²) in [5.74, 6) is -1.02. The SMILES string of the molecule is CC(=O)Nc1nc(Cl)c2ncn([C@@H]3C=C(CO[Si](c4ccccc4)(c4ccccc4)C(C)(C)C)[C@H]4OC(C)(C)O[C@]43C)c2n1. The van der Waals surface area contributed by atoms with Crippen LogP contribution in [0.25, 0.3) is 11.2 Å². The number of anilines is 1. The fourth-order valence-corrected chi connectivity index (χ4v) is 11.6. The Hall–Kier alpha value is -3.41. The number of nitrogens with one attached hydrogen (secondary N) is 1. The van der Waals surface area contributed by atoms with Gasteiger partial charge in [0, 0.05) is 6.92 Å². The molecule has 1 saturated heterocycles. The number of amides is 1. The first-order chi connectivity index (χ1) is 20.7. The number of nitrogens with zero attached hydrogens (tertiary/aromatic N) is 4. The van der Waals surface area contributed by atoms with Crippen molar-refractivity contribution < 1.29 is 18.7 Å². The van der Waals surface area contributed by atoms with Crippen LogP contribution in [0.1, 0.15) is 54.5 Å². The highest BCUT2D eigenvalue weighted by Gasteiger charge is 2.60. The highest BCUT2D eigenvalue weighted by molar-refractivity contribution is 6.99. The van der Waals surface area contributed by atoms with Gasteiger partial charge in [0.15, 0.2) is 16.6 Å². The molecule has 0 bridgehead atoms. The van der Waals surface area contributed by atoms with E-state index < -0.39 is 19.7 Å². The molecule has 2 aromatic heterocycles. The van der Waals surface area contributed by atoms with Crippen LogP contribution in [0.5, 0.6) is 0 Å². The summed E-state index contributed by atoms with van der Waals surface area (Å²) in [5.41, 5.74) is 1.11. The van der Waals surface area contributed by atoms with Crippen LogP contribution < -0.4 is 15.7 Å². The molecule has 0 unspecified atom stereocenters. The second-order valence-corrected chi connectivity index (χ2v) is 17.8. The lowest BCUT2D eigenvalue weighted by Crippen LogP contribution is -2.66. The molecule has 1 aliphatic carbocycles. The van der Waals surface area contributed by atoms with Crippen LogP contribution in [0.4, 0.5) is 5.95 Å². The smallest absolute Gasteiger partial charge is 0.261 e. The predicted molar refractivity (Wildman–Crippen MR) is 174 cm³/mol. The normalized spacial score (nSPS) is 23.0. The molecule has 3 heterocycles. The molecule has 0 spiro atoms. The molecular weight excluding hydrogens is 594 g/mol. The number of halogens is 1. The number of imidazole rings is 1. The Morgan fingerprint density at radius 1 is 1.05 bits per heavy atom. The molecule has 4 aromatic rings. The van der Waals surface area contributed by atoms with Crippen LogP contribution in [0.3, 0.4) is 0 Å². The Morgan fingerprint density at radius 3 is 2.23 bits per heavy atom. The first kappa shape index (κ1) is 30.6. The van der Waals surface area contributed by atoms with Crippen molar-refractivity contribution in [3.63, 3.8) is 0 Å². The number of carbonyl (C=O) groups is 1. The van der Waals surface area contributed by atoms with Crippen LogP contribution >= 0.6 is 11.6 Å². The molecule has 1 amide bonds. The zero-order chi connectivity index (χ0) is 31.5. The van der Waals surface area contributed by atoms with Gasteiger partial charge in [0.1, 0.15) is 17.2 Å². The fraction of sp³-hybridized carbons (Fsp3) is 0.394. The van der Waals surface area contributed by atoms with Crippen molar-refractivity contribution in [2.75, 3.05) is 11.9 Å². The predicted octanol–water partition coefficient (Wildman–Crippen LogP) is 5.41. The number of benzene rings is 2. The molecule has 44 heavy (non-hydrogen) atoms. The highest BCUT2D eigenvalue weighted by Crippen LogP contribution is 2.52. The zero-order valence-electron chi connectivity index (χ0n) is 26.1. The molecular formula is C33H38ClN5O4Si. The minimum Gasteiger partial charge on any atom is -0.403 e. The van der Waals surface area contributed by atoms with E-state index in [0.29, 0.717) is 17.8 Å². The third kappa shape index (κ3) is 5.08. The second kappa shape index (κ2) is 10.9. The van der Waals surface area contributed by atoms with Gasteiger partial charge in [-0.3, -0.25) is 10.1 Å². The lowest BCUT2D eigenvalue weighted by atomic mass is 9.95. The Balaban J connectivity index is 1.45. The van der Waals surface area contributed by atoms with Crippen molar-refractivity contribution >= 4 is 53.3 Å². The monoisotopic (exact) mass is 631 g/mol. The lowest BCUT2D eigenvalue weighted by Gasteiger charge is -2.43. The molecule has 9 nitrogen and oxygen atoms in total. The quantitative estimate of drug-likeness (QED) is 0.165. The van der Waals surface area contributed by atoms with E-state index in [9.17, 15) is 4.79 Å². The summed E-state index contributed by atoms with van der Waals surface area (Å²) in [7, 11) is -2.82. The maximum absolute atomic E-state index is 11.8. The zero-order valence-corrected chi connectivity index (χ0v) is 27.8. The fourth-order valence-electron chi connectivity index (χ4n) is 6.86. The van der Waals surface area contributed by atoms with Gasteiger partial charge in [-0.25, -0.2) is 4.98 Å². The molecule has 6 rings (SSSR count). The number of hydrogen-bond acceptors (Lipinski definition) is 7. The van der Waals surface area contributed by atoms with E-state index in [1.807, 2.05) is 37.5 Å². The van der Waals surface area contributed by atoms with Gasteiger partial charge < -0.3 is 18.5 Å². The summed E-state index contributed by atoms with van der Waals surface area (Å²) in [6, 6.07) is 20.8. The average Bonchev–Trinajstić information content (AvgIpc) is 3.56. The number of hydrogen-bond donors (Lipinski definition) is 1. The molecule has 1 N–H and O–H groups in total. The van der Waals surface area contributed by atoms with Crippen molar-refractivity contribution in [2.24, 2.45) is 0 Å². The number of carbonyl (C=O) groups excluding carboxylic acids is 1. The average molecular weight is 632 g/mol. The Labute approximate surface area is 263 Å². The minimum atomic E-state index is -2.82. The molecule has 2 aromatic carbocycles. The highest BCUT2D eigenvalue weighted by atomic mass is 35.5. The van der Waals surface area contributed by atoms with Crippen LogP contribution in [0.15, 0.2) is 78.6 Å². The summed E-state index contributed by atoms with van der Waals surface area (Å²) in [5, 5.41) is 5.02. The molecule has 0 saturated carbocycles. The van der Waals surface area contributed by atoms with Crippen molar-refractivity contribution in [2.45, 2.75) is 77.0 Å². The van der Waals surface area contributed by atoms with E-state index in [4.69, 9.17) is 25.5 Å². The molecule has 230 valence electrons. The molecule has 1 fully saturated rings. The van der Waals surface area contributed by atoms with E-state index in [-0.39, 0.29) is 34.2 Å². The van der Waals surface area contributed by atoms with Crippen LogP contribution in [-0.4, -0.2) is 57.8 Å². The van der Waals surface area contributed by atoms with Crippen molar-refractivity contribution in [3.05, 3.63) is 83.8 Å². The van der Waals surface area contributed by atoms with Gasteiger partial charge in [0.05, 0.1) is 19.0 Å². The first-order valence-electron chi connectivity index (χ1n) is 14.8. The second-order valence-electron chi connectivity index (χ2n) is 13.2. The molecule has 1 aliphatic heterocycles. The maximum atomic E-state index is 11.8. The molecule has 3 atom stereocenters. The van der Waals surface area contributed by atoms with E-state index in [0.717, 1.165) is 5.57 Å². The summed E-state index contributed by atoms with van der Waals surface area (Å²) >= 11 is 6.48. The largest absolute Gasteiger partial charge is 0.403 e. The van der Waals surface area contributed by atoms with Crippen molar-refractivity contribution in [1.82, 2.24) is 19.5 Å². The first-order valence-corrected chi connectivity index (χ1v) is 17.0. The van der Waals surface area contributed by atoms with Crippen LogP contribution in [0.2, 0.25) is 10.2 Å². The van der Waals surface area contributed by atoms with E-state index in [1.165, 1.54) is 17.3 Å². The maximum Gasteiger partial charge on any atom is 0.261 e. The summed E-state index contributed by atoms with van der Waals surface area (Å²) in [6.07, 6.45) is 3.45. The van der Waals surface area contributed by atoms with Gasteiger partial charge in [-0.2, -0.15) is 9.97 Å². The minimum absolute atomic E-state index is 0.111. The van der Waals surface area contributed by atoms with Gasteiger partial charge in [0.25, 0.3) is 8.32 Å². The van der Waals surface area contributed by atoms with E-state index >= 15 is 0 Å². The van der Waals surface area contributed by atoms with E-state index in [1.54, 1.807) is 6.33 Å². The summed E-state index contributed by atoms with van der Waals surface area (Å²) in [6.45, 7) is 14.4. The van der Waals surface area contributed by atoms with Crippen molar-refractivity contribution in [3.8, 4) is 0 Å². The topological polar surface area (TPSA) is 100 Å². The number of fused-ring (bicyclic) bond motifs is 2.